The van der Waals surface area contributed by atoms with Crippen molar-refractivity contribution in [3.8, 4) is 5.69 Å². The second-order valence-corrected chi connectivity index (χ2v) is 4.62. The summed E-state index contributed by atoms with van der Waals surface area (Å²) in [6, 6.07) is 5.24. The summed E-state index contributed by atoms with van der Waals surface area (Å²) in [5.74, 6) is 0.509. The third-order valence-electron chi connectivity index (χ3n) is 3.36. The molecule has 1 saturated heterocycles. The van der Waals surface area contributed by atoms with Gasteiger partial charge in [0.15, 0.2) is 0 Å². The van der Waals surface area contributed by atoms with Crippen LogP contribution >= 0.6 is 0 Å². The van der Waals surface area contributed by atoms with Crippen LogP contribution in [0.15, 0.2) is 30.6 Å². The Kier molecular flexibility index (Phi) is 3.31. The first kappa shape index (κ1) is 12.3. The number of aromatic nitrogens is 2. The molecule has 1 aliphatic heterocycles. The Morgan fingerprint density at radius 3 is 3.00 bits per heavy atom. The van der Waals surface area contributed by atoms with E-state index in [9.17, 15) is 4.39 Å². The molecule has 1 aliphatic rings. The lowest BCUT2D eigenvalue weighted by Crippen LogP contribution is -2.33. The summed E-state index contributed by atoms with van der Waals surface area (Å²) in [4.78, 5) is 4.11. The van der Waals surface area contributed by atoms with Crippen LogP contribution in [-0.2, 0) is 4.74 Å². The van der Waals surface area contributed by atoms with E-state index in [2.05, 4.69) is 10.3 Å². The molecule has 19 heavy (non-hydrogen) atoms. The lowest BCUT2D eigenvalue weighted by Gasteiger charge is -2.24. The number of benzene rings is 1. The molecule has 0 radical (unpaired) electrons. The van der Waals surface area contributed by atoms with Gasteiger partial charge in [-0.2, -0.15) is 0 Å². The van der Waals surface area contributed by atoms with E-state index in [1.807, 2.05) is 13.0 Å². The Labute approximate surface area is 111 Å². The second-order valence-electron chi connectivity index (χ2n) is 4.62. The normalized spacial score (nSPS) is 19.6. The van der Waals surface area contributed by atoms with Gasteiger partial charge in [0, 0.05) is 25.5 Å². The van der Waals surface area contributed by atoms with Crippen LogP contribution in [0.3, 0.4) is 0 Å². The highest BCUT2D eigenvalue weighted by atomic mass is 19.1. The number of ether oxygens (including phenoxy) is 1. The van der Waals surface area contributed by atoms with Gasteiger partial charge in [0.1, 0.15) is 11.6 Å². The van der Waals surface area contributed by atoms with Crippen molar-refractivity contribution >= 4 is 0 Å². The van der Waals surface area contributed by atoms with Crippen LogP contribution in [0.4, 0.5) is 4.39 Å². The SMILES string of the molecule is Cc1nccn1-c1ccc(C2CNCCO2)cc1F. The molecule has 1 N–H and O–H groups in total. The van der Waals surface area contributed by atoms with Crippen molar-refractivity contribution in [3.63, 3.8) is 0 Å². The first-order valence-electron chi connectivity index (χ1n) is 6.38. The van der Waals surface area contributed by atoms with E-state index < -0.39 is 0 Å². The number of morpholine rings is 1. The molecule has 1 atom stereocenters. The van der Waals surface area contributed by atoms with Gasteiger partial charge in [-0.15, -0.1) is 0 Å². The largest absolute Gasteiger partial charge is 0.371 e. The molecule has 1 unspecified atom stereocenters. The van der Waals surface area contributed by atoms with E-state index in [1.54, 1.807) is 29.1 Å². The van der Waals surface area contributed by atoms with Crippen molar-refractivity contribution in [2.24, 2.45) is 0 Å². The Balaban J connectivity index is 1.91. The number of halogens is 1. The quantitative estimate of drug-likeness (QED) is 0.898. The van der Waals surface area contributed by atoms with Gasteiger partial charge >= 0.3 is 0 Å². The molecule has 0 spiro atoms. The van der Waals surface area contributed by atoms with Gasteiger partial charge in [0.25, 0.3) is 0 Å². The van der Waals surface area contributed by atoms with Crippen molar-refractivity contribution in [2.45, 2.75) is 13.0 Å². The van der Waals surface area contributed by atoms with Crippen molar-refractivity contribution < 1.29 is 9.13 Å². The van der Waals surface area contributed by atoms with Gasteiger partial charge in [-0.1, -0.05) is 6.07 Å². The van der Waals surface area contributed by atoms with Crippen LogP contribution in [0.1, 0.15) is 17.5 Å². The molecule has 100 valence electrons. The fourth-order valence-corrected chi connectivity index (χ4v) is 2.33. The van der Waals surface area contributed by atoms with E-state index in [1.165, 1.54) is 0 Å². The number of hydrogen-bond acceptors (Lipinski definition) is 3. The van der Waals surface area contributed by atoms with Gasteiger partial charge in [-0.3, -0.25) is 0 Å². The molecule has 3 rings (SSSR count). The zero-order valence-corrected chi connectivity index (χ0v) is 10.8. The molecule has 4 nitrogen and oxygen atoms in total. The molecule has 5 heteroatoms. The minimum Gasteiger partial charge on any atom is -0.371 e. The number of nitrogens with zero attached hydrogens (tertiary/aromatic N) is 2. The summed E-state index contributed by atoms with van der Waals surface area (Å²) in [6.07, 6.45) is 3.35. The minimum atomic E-state index is -0.257. The van der Waals surface area contributed by atoms with Gasteiger partial charge in [-0.25, -0.2) is 9.37 Å². The van der Waals surface area contributed by atoms with E-state index in [0.717, 1.165) is 24.5 Å². The topological polar surface area (TPSA) is 39.1 Å². The summed E-state index contributed by atoms with van der Waals surface area (Å²) in [5, 5.41) is 3.24. The molecule has 0 amide bonds. The molecule has 1 fully saturated rings. The monoisotopic (exact) mass is 261 g/mol. The van der Waals surface area contributed by atoms with Gasteiger partial charge in [-0.05, 0) is 24.6 Å². The number of imidazole rings is 1. The maximum absolute atomic E-state index is 14.2. The van der Waals surface area contributed by atoms with Gasteiger partial charge in [0.2, 0.25) is 0 Å². The molecule has 0 aliphatic carbocycles. The van der Waals surface area contributed by atoms with Crippen LogP contribution in [0.2, 0.25) is 0 Å². The van der Waals surface area contributed by atoms with Crippen LogP contribution in [0.25, 0.3) is 5.69 Å². The Bertz CT molecular complexity index is 576. The van der Waals surface area contributed by atoms with Crippen molar-refractivity contribution in [1.29, 1.82) is 0 Å². The van der Waals surface area contributed by atoms with Crippen molar-refractivity contribution in [1.82, 2.24) is 14.9 Å². The van der Waals surface area contributed by atoms with Crippen molar-refractivity contribution in [3.05, 3.63) is 47.8 Å². The second kappa shape index (κ2) is 5.11. The molecule has 1 aromatic heterocycles. The Hall–Kier alpha value is -1.72. The third kappa shape index (κ3) is 2.39. The fraction of sp³-hybridized carbons (Fsp3) is 0.357. The Morgan fingerprint density at radius 2 is 2.37 bits per heavy atom. The molecule has 2 aromatic rings. The first-order valence-corrected chi connectivity index (χ1v) is 6.38. The Morgan fingerprint density at radius 1 is 1.47 bits per heavy atom. The third-order valence-corrected chi connectivity index (χ3v) is 3.36. The lowest BCUT2D eigenvalue weighted by molar-refractivity contribution is 0.0275. The summed E-state index contributed by atoms with van der Waals surface area (Å²) in [6.45, 7) is 4.09. The zero-order chi connectivity index (χ0) is 13.2. The predicted molar refractivity (Wildman–Crippen MR) is 69.8 cm³/mol. The van der Waals surface area contributed by atoms with Crippen molar-refractivity contribution in [2.75, 3.05) is 19.7 Å². The van der Waals surface area contributed by atoms with Crippen LogP contribution in [0.5, 0.6) is 0 Å². The average Bonchev–Trinajstić information content (AvgIpc) is 2.86. The number of nitrogens with one attached hydrogen (secondary N) is 1. The fourth-order valence-electron chi connectivity index (χ4n) is 2.33. The van der Waals surface area contributed by atoms with Gasteiger partial charge < -0.3 is 14.6 Å². The summed E-state index contributed by atoms with van der Waals surface area (Å²) in [7, 11) is 0. The first-order chi connectivity index (χ1) is 9.25. The molecular formula is C14H16FN3O. The van der Waals surface area contributed by atoms with E-state index in [4.69, 9.17) is 4.74 Å². The number of aryl methyl sites for hydroxylation is 1. The molecule has 1 aromatic carbocycles. The molecule has 0 saturated carbocycles. The highest BCUT2D eigenvalue weighted by molar-refractivity contribution is 5.38. The number of hydrogen-bond donors (Lipinski definition) is 1. The summed E-state index contributed by atoms with van der Waals surface area (Å²) >= 11 is 0. The average molecular weight is 261 g/mol. The van der Waals surface area contributed by atoms with E-state index >= 15 is 0 Å². The highest BCUT2D eigenvalue weighted by Crippen LogP contribution is 2.23. The van der Waals surface area contributed by atoms with Gasteiger partial charge in [0.05, 0.1) is 18.4 Å². The summed E-state index contributed by atoms with van der Waals surface area (Å²) in [5.41, 5.74) is 1.38. The lowest BCUT2D eigenvalue weighted by atomic mass is 10.1. The molecular weight excluding hydrogens is 245 g/mol. The van der Waals surface area contributed by atoms with Crippen LogP contribution in [0, 0.1) is 12.7 Å². The standard InChI is InChI=1S/C14H16FN3O/c1-10-17-4-6-18(10)13-3-2-11(8-12(13)15)14-9-16-5-7-19-14/h2-4,6,8,14,16H,5,7,9H2,1H3. The molecule has 0 bridgehead atoms. The van der Waals surface area contributed by atoms with E-state index in [0.29, 0.717) is 12.3 Å². The van der Waals surface area contributed by atoms with Crippen LogP contribution in [-0.4, -0.2) is 29.2 Å². The summed E-state index contributed by atoms with van der Waals surface area (Å²) < 4.78 is 21.6. The van der Waals surface area contributed by atoms with E-state index in [-0.39, 0.29) is 11.9 Å². The maximum atomic E-state index is 14.2. The predicted octanol–water partition coefficient (Wildman–Crippen LogP) is 1.98. The zero-order valence-electron chi connectivity index (χ0n) is 10.8. The smallest absolute Gasteiger partial charge is 0.147 e. The number of rotatable bonds is 2. The molecule has 2 heterocycles. The highest BCUT2D eigenvalue weighted by Gasteiger charge is 2.17. The van der Waals surface area contributed by atoms with Crippen LogP contribution < -0.4 is 5.32 Å². The maximum Gasteiger partial charge on any atom is 0.147 e. The minimum absolute atomic E-state index is 0.0683.